The van der Waals surface area contributed by atoms with Gasteiger partial charge in [-0.1, -0.05) is 30.3 Å². The topological polar surface area (TPSA) is 97.6 Å². The highest BCUT2D eigenvalue weighted by Gasteiger charge is 2.48. The number of nitrogens with zero attached hydrogens (tertiary/aromatic N) is 5. The van der Waals surface area contributed by atoms with E-state index in [1.165, 1.54) is 16.6 Å². The first kappa shape index (κ1) is 19.7. The molecule has 2 aromatic heterocycles. The molecular weight excluding hydrogens is 418 g/mol. The number of hydrogen-bond acceptors (Lipinski definition) is 6. The number of hydrogen-bond donors (Lipinski definition) is 0. The molecule has 2 aliphatic heterocycles. The maximum atomic E-state index is 13.6. The zero-order chi connectivity index (χ0) is 21.6. The predicted octanol–water partition coefficient (Wildman–Crippen LogP) is 1.29. The van der Waals surface area contributed by atoms with Crippen LogP contribution in [0.15, 0.2) is 65.8 Å². The Hall–Kier alpha value is -3.24. The Balaban J connectivity index is 1.53. The molecule has 160 valence electrons. The van der Waals surface area contributed by atoms with Crippen molar-refractivity contribution in [1.82, 2.24) is 24.0 Å². The molecule has 0 saturated carbocycles. The normalized spacial score (nSPS) is 22.3. The van der Waals surface area contributed by atoms with E-state index >= 15 is 0 Å². The predicted molar refractivity (Wildman–Crippen MR) is 111 cm³/mol. The highest BCUT2D eigenvalue weighted by atomic mass is 32.2. The van der Waals surface area contributed by atoms with Crippen LogP contribution in [-0.4, -0.2) is 63.5 Å². The zero-order valence-electron chi connectivity index (χ0n) is 16.8. The lowest BCUT2D eigenvalue weighted by molar-refractivity contribution is 0.0763. The van der Waals surface area contributed by atoms with Crippen molar-refractivity contribution in [2.24, 2.45) is 7.05 Å². The van der Waals surface area contributed by atoms with Crippen molar-refractivity contribution in [1.29, 1.82) is 0 Å². The molecule has 1 saturated heterocycles. The number of sulfonamides is 1. The van der Waals surface area contributed by atoms with Gasteiger partial charge in [-0.15, -0.1) is 0 Å². The van der Waals surface area contributed by atoms with E-state index in [-0.39, 0.29) is 36.3 Å². The van der Waals surface area contributed by atoms with Crippen LogP contribution in [0.3, 0.4) is 0 Å². The molecule has 2 aliphatic rings. The highest BCUT2D eigenvalue weighted by Crippen LogP contribution is 2.36. The van der Waals surface area contributed by atoms with Crippen LogP contribution in [0.1, 0.15) is 16.1 Å². The highest BCUT2D eigenvalue weighted by molar-refractivity contribution is 7.89. The number of ether oxygens (including phenoxy) is 1. The number of fused-ring (bicyclic) bond motifs is 2. The molecule has 3 aromatic rings. The smallest absolute Gasteiger partial charge is 0.274 e. The van der Waals surface area contributed by atoms with E-state index in [4.69, 9.17) is 4.74 Å². The quantitative estimate of drug-likeness (QED) is 0.610. The number of carbonyl (C=O) groups is 1. The minimum Gasteiger partial charge on any atom is -0.470 e. The number of aromatic nitrogens is 3. The third-order valence-electron chi connectivity index (χ3n) is 5.59. The van der Waals surface area contributed by atoms with Crippen molar-refractivity contribution in [2.45, 2.75) is 23.6 Å². The van der Waals surface area contributed by atoms with Crippen molar-refractivity contribution in [3.05, 3.63) is 72.2 Å². The van der Waals surface area contributed by atoms with Gasteiger partial charge in [0.15, 0.2) is 0 Å². The number of rotatable bonds is 3. The van der Waals surface area contributed by atoms with E-state index in [1.807, 2.05) is 30.3 Å². The van der Waals surface area contributed by atoms with E-state index in [0.29, 0.717) is 5.69 Å². The SMILES string of the molecule is Cn1ccc(C(=O)N2C[C@@H]3Oc4ncccc4S(=O)(=O)N(Cc4ccccc4)[C@H]3C2)n1. The molecule has 9 nitrogen and oxygen atoms in total. The second-order valence-electron chi connectivity index (χ2n) is 7.65. The van der Waals surface area contributed by atoms with Crippen molar-refractivity contribution >= 4 is 15.9 Å². The average Bonchev–Trinajstić information content (AvgIpc) is 3.37. The molecule has 1 aromatic carbocycles. The van der Waals surface area contributed by atoms with Crippen LogP contribution in [0.5, 0.6) is 5.88 Å². The van der Waals surface area contributed by atoms with Gasteiger partial charge in [0.25, 0.3) is 5.91 Å². The summed E-state index contributed by atoms with van der Waals surface area (Å²) in [6, 6.07) is 13.6. The molecular formula is C21H21N5O4S. The average molecular weight is 439 g/mol. The molecule has 0 aliphatic carbocycles. The fourth-order valence-electron chi connectivity index (χ4n) is 4.08. The molecule has 0 radical (unpaired) electrons. The minimum absolute atomic E-state index is 0.0444. The van der Waals surface area contributed by atoms with Gasteiger partial charge < -0.3 is 9.64 Å². The fraction of sp³-hybridized carbons (Fsp3) is 0.286. The van der Waals surface area contributed by atoms with Gasteiger partial charge in [0.1, 0.15) is 16.7 Å². The Morgan fingerprint density at radius 2 is 1.94 bits per heavy atom. The van der Waals surface area contributed by atoms with Gasteiger partial charge in [-0.2, -0.15) is 9.40 Å². The number of aryl methyl sites for hydroxylation is 1. The molecule has 0 unspecified atom stereocenters. The Kier molecular flexibility index (Phi) is 4.75. The Bertz CT molecular complexity index is 1230. The number of carbonyl (C=O) groups excluding carboxylic acids is 1. The number of pyridine rings is 1. The summed E-state index contributed by atoms with van der Waals surface area (Å²) in [4.78, 5) is 18.8. The first-order chi connectivity index (χ1) is 14.9. The van der Waals surface area contributed by atoms with E-state index < -0.39 is 22.2 Å². The van der Waals surface area contributed by atoms with Gasteiger partial charge >= 0.3 is 0 Å². The maximum absolute atomic E-state index is 13.6. The third kappa shape index (κ3) is 3.47. The maximum Gasteiger partial charge on any atom is 0.274 e. The first-order valence-electron chi connectivity index (χ1n) is 9.90. The fourth-order valence-corrected chi connectivity index (χ4v) is 5.78. The van der Waals surface area contributed by atoms with Crippen LogP contribution >= 0.6 is 0 Å². The van der Waals surface area contributed by atoms with Gasteiger partial charge in [-0.3, -0.25) is 9.48 Å². The van der Waals surface area contributed by atoms with Crippen molar-refractivity contribution in [3.63, 3.8) is 0 Å². The second kappa shape index (κ2) is 7.47. The molecule has 0 bridgehead atoms. The zero-order valence-corrected chi connectivity index (χ0v) is 17.6. The van der Waals surface area contributed by atoms with Crippen LogP contribution in [0.25, 0.3) is 0 Å². The number of likely N-dealkylation sites (tertiary alicyclic amines) is 1. The molecule has 2 atom stereocenters. The van der Waals surface area contributed by atoms with Crippen molar-refractivity contribution in [2.75, 3.05) is 13.1 Å². The standard InChI is InChI=1S/C21H21N5O4S/c1-24-11-9-16(23-24)21(27)25-13-17-18(14-25)30-20-19(8-5-10-22-20)31(28,29)26(17)12-15-6-3-2-4-7-15/h2-11,17-18H,12-14H2,1H3/t17-,18-/m0/s1. The summed E-state index contributed by atoms with van der Waals surface area (Å²) in [5.41, 5.74) is 1.17. The number of benzene rings is 1. The largest absolute Gasteiger partial charge is 0.470 e. The third-order valence-corrected chi connectivity index (χ3v) is 7.48. The van der Waals surface area contributed by atoms with Gasteiger partial charge in [0.05, 0.1) is 12.6 Å². The molecule has 4 heterocycles. The minimum atomic E-state index is -3.89. The van der Waals surface area contributed by atoms with Crippen LogP contribution in [-0.2, 0) is 23.6 Å². The van der Waals surface area contributed by atoms with Gasteiger partial charge in [0, 0.05) is 32.5 Å². The second-order valence-corrected chi connectivity index (χ2v) is 9.51. The first-order valence-corrected chi connectivity index (χ1v) is 11.3. The van der Waals surface area contributed by atoms with Gasteiger partial charge in [-0.05, 0) is 23.8 Å². The summed E-state index contributed by atoms with van der Waals surface area (Å²) in [7, 11) is -2.15. The van der Waals surface area contributed by atoms with Gasteiger partial charge in [0.2, 0.25) is 15.9 Å². The molecule has 1 fully saturated rings. The van der Waals surface area contributed by atoms with Crippen LogP contribution < -0.4 is 4.74 Å². The molecule has 0 N–H and O–H groups in total. The van der Waals surface area contributed by atoms with E-state index in [9.17, 15) is 13.2 Å². The molecule has 1 amide bonds. The summed E-state index contributed by atoms with van der Waals surface area (Å²) in [6.07, 6.45) is 2.66. The van der Waals surface area contributed by atoms with Crippen LogP contribution in [0.2, 0.25) is 0 Å². The molecule has 10 heteroatoms. The summed E-state index contributed by atoms with van der Waals surface area (Å²) < 4.78 is 36.3. The monoisotopic (exact) mass is 439 g/mol. The molecule has 0 spiro atoms. The van der Waals surface area contributed by atoms with E-state index in [0.717, 1.165) is 5.56 Å². The lowest BCUT2D eigenvalue weighted by Gasteiger charge is -2.28. The van der Waals surface area contributed by atoms with Crippen LogP contribution in [0, 0.1) is 0 Å². The summed E-state index contributed by atoms with van der Waals surface area (Å²) in [6.45, 7) is 0.630. The van der Waals surface area contributed by atoms with Crippen molar-refractivity contribution < 1.29 is 17.9 Å². The summed E-state index contributed by atoms with van der Waals surface area (Å²) in [5, 5.41) is 4.18. The van der Waals surface area contributed by atoms with Gasteiger partial charge in [-0.25, -0.2) is 13.4 Å². The lowest BCUT2D eigenvalue weighted by atomic mass is 10.1. The Labute approximate surface area is 179 Å². The summed E-state index contributed by atoms with van der Waals surface area (Å²) in [5.74, 6) is -0.184. The van der Waals surface area contributed by atoms with E-state index in [1.54, 1.807) is 35.0 Å². The van der Waals surface area contributed by atoms with Crippen molar-refractivity contribution in [3.8, 4) is 5.88 Å². The lowest BCUT2D eigenvalue weighted by Crippen LogP contribution is -2.46. The Morgan fingerprint density at radius 3 is 2.68 bits per heavy atom. The molecule has 5 rings (SSSR count). The van der Waals surface area contributed by atoms with Crippen LogP contribution in [0.4, 0.5) is 0 Å². The Morgan fingerprint density at radius 1 is 1.13 bits per heavy atom. The number of amides is 1. The molecule has 31 heavy (non-hydrogen) atoms. The van der Waals surface area contributed by atoms with E-state index in [2.05, 4.69) is 10.1 Å². The summed E-state index contributed by atoms with van der Waals surface area (Å²) >= 11 is 0.